The molecule has 2 N–H and O–H groups in total. The van der Waals surface area contributed by atoms with Crippen LogP contribution in [-0.2, 0) is 12.2 Å². The van der Waals surface area contributed by atoms with Crippen LogP contribution < -0.4 is 10.6 Å². The third-order valence-corrected chi connectivity index (χ3v) is 4.77. The monoisotopic (exact) mass is 311 g/mol. The molecule has 2 aromatic rings. The van der Waals surface area contributed by atoms with E-state index in [1.54, 1.807) is 17.7 Å². The Morgan fingerprint density at radius 2 is 2.05 bits per heavy atom. The first kappa shape index (κ1) is 15.0. The lowest BCUT2D eigenvalue weighted by molar-refractivity contribution is 0.429. The molecule has 2 heterocycles. The van der Waals surface area contributed by atoms with Gasteiger partial charge in [0.05, 0.1) is 6.34 Å². The second-order valence-corrected chi connectivity index (χ2v) is 6.77. The lowest BCUT2D eigenvalue weighted by atomic mass is 9.95. The van der Waals surface area contributed by atoms with E-state index in [1.165, 1.54) is 10.4 Å². The van der Waals surface area contributed by atoms with Crippen LogP contribution in [0.4, 0.5) is 0 Å². The number of nitrogens with one attached hydrogen (secondary N) is 2. The summed E-state index contributed by atoms with van der Waals surface area (Å²) in [7, 11) is 0. The van der Waals surface area contributed by atoms with Crippen molar-refractivity contribution in [2.24, 2.45) is 4.99 Å². The number of thiophene rings is 1. The standard InChI is InChI=1S/C18H21N3S/c1-14(2)15-5-7-16(8-6-15)18(9-10-19-13-21-18)20-12-17-4-3-11-22-17/h3-11,13-14,20H,12H2,1-2H3,(H,19,21). The molecule has 1 atom stereocenters. The summed E-state index contributed by atoms with van der Waals surface area (Å²) in [5.74, 6) is 0.538. The molecule has 0 amide bonds. The minimum atomic E-state index is -0.495. The van der Waals surface area contributed by atoms with Crippen molar-refractivity contribution in [3.63, 3.8) is 0 Å². The van der Waals surface area contributed by atoms with E-state index >= 15 is 0 Å². The highest BCUT2D eigenvalue weighted by atomic mass is 32.1. The van der Waals surface area contributed by atoms with Crippen LogP contribution in [0.2, 0.25) is 0 Å². The van der Waals surface area contributed by atoms with Gasteiger partial charge in [0.1, 0.15) is 0 Å². The summed E-state index contributed by atoms with van der Waals surface area (Å²) < 4.78 is 0. The summed E-state index contributed by atoms with van der Waals surface area (Å²) >= 11 is 1.76. The van der Waals surface area contributed by atoms with Crippen molar-refractivity contribution in [1.29, 1.82) is 0 Å². The summed E-state index contributed by atoms with van der Waals surface area (Å²) in [5.41, 5.74) is 2.01. The Labute approximate surface area is 135 Å². The van der Waals surface area contributed by atoms with Gasteiger partial charge in [0.15, 0.2) is 5.66 Å². The maximum Gasteiger partial charge on any atom is 0.159 e. The summed E-state index contributed by atoms with van der Waals surface area (Å²) in [6.07, 6.45) is 5.76. The van der Waals surface area contributed by atoms with E-state index in [0.717, 1.165) is 12.1 Å². The summed E-state index contributed by atoms with van der Waals surface area (Å²) in [4.78, 5) is 5.98. The highest BCUT2D eigenvalue weighted by Gasteiger charge is 2.29. The van der Waals surface area contributed by atoms with E-state index in [4.69, 9.17) is 0 Å². The Bertz CT molecular complexity index is 642. The zero-order valence-corrected chi connectivity index (χ0v) is 13.7. The Morgan fingerprint density at radius 3 is 2.64 bits per heavy atom. The van der Waals surface area contributed by atoms with Gasteiger partial charge in [0.25, 0.3) is 0 Å². The number of aliphatic imine (C=N–C) groups is 1. The van der Waals surface area contributed by atoms with E-state index in [9.17, 15) is 0 Å². The number of benzene rings is 1. The molecule has 0 saturated heterocycles. The lowest BCUT2D eigenvalue weighted by Crippen LogP contribution is -2.41. The van der Waals surface area contributed by atoms with Gasteiger partial charge < -0.3 is 5.32 Å². The van der Waals surface area contributed by atoms with Crippen molar-refractivity contribution in [2.75, 3.05) is 0 Å². The van der Waals surface area contributed by atoms with Crippen molar-refractivity contribution >= 4 is 17.7 Å². The fourth-order valence-electron chi connectivity index (χ4n) is 2.53. The maximum atomic E-state index is 4.68. The van der Waals surface area contributed by atoms with E-state index < -0.39 is 5.66 Å². The zero-order chi connectivity index (χ0) is 15.4. The fraction of sp³-hybridized carbons (Fsp3) is 0.278. The molecule has 1 aliphatic rings. The van der Waals surface area contributed by atoms with Gasteiger partial charge in [-0.1, -0.05) is 44.2 Å². The first-order chi connectivity index (χ1) is 10.7. The van der Waals surface area contributed by atoms with E-state index in [-0.39, 0.29) is 0 Å². The second kappa shape index (κ2) is 6.46. The predicted molar refractivity (Wildman–Crippen MR) is 94.1 cm³/mol. The molecule has 1 aliphatic heterocycles. The van der Waals surface area contributed by atoms with Crippen molar-refractivity contribution < 1.29 is 0 Å². The number of hydrogen-bond acceptors (Lipinski definition) is 4. The molecule has 0 aliphatic carbocycles. The topological polar surface area (TPSA) is 36.4 Å². The highest BCUT2D eigenvalue weighted by Crippen LogP contribution is 2.28. The van der Waals surface area contributed by atoms with Gasteiger partial charge in [-0.25, -0.2) is 4.99 Å². The van der Waals surface area contributed by atoms with Crippen LogP contribution in [0.25, 0.3) is 0 Å². The molecule has 4 heteroatoms. The third-order valence-electron chi connectivity index (χ3n) is 3.89. The normalized spacial score (nSPS) is 20.3. The average molecular weight is 311 g/mol. The molecular weight excluding hydrogens is 290 g/mol. The van der Waals surface area contributed by atoms with Gasteiger partial charge in [-0.05, 0) is 34.6 Å². The molecule has 0 bridgehead atoms. The molecule has 1 aromatic carbocycles. The van der Waals surface area contributed by atoms with Crippen molar-refractivity contribution in [3.8, 4) is 0 Å². The quantitative estimate of drug-likeness (QED) is 0.877. The van der Waals surface area contributed by atoms with Crippen LogP contribution in [0.3, 0.4) is 0 Å². The molecule has 0 saturated carbocycles. The van der Waals surface area contributed by atoms with Crippen molar-refractivity contribution in [2.45, 2.75) is 32.0 Å². The van der Waals surface area contributed by atoms with Crippen LogP contribution in [0.15, 0.2) is 59.0 Å². The first-order valence-corrected chi connectivity index (χ1v) is 8.43. The van der Waals surface area contributed by atoms with Crippen LogP contribution in [0, 0.1) is 0 Å². The van der Waals surface area contributed by atoms with Gasteiger partial charge in [-0.15, -0.1) is 11.3 Å². The zero-order valence-electron chi connectivity index (χ0n) is 12.9. The van der Waals surface area contributed by atoms with Crippen LogP contribution in [-0.4, -0.2) is 6.34 Å². The van der Waals surface area contributed by atoms with Gasteiger partial charge >= 0.3 is 0 Å². The molecular formula is C18H21N3S. The minimum absolute atomic E-state index is 0.495. The van der Waals surface area contributed by atoms with Crippen molar-refractivity contribution in [3.05, 3.63) is 70.1 Å². The lowest BCUT2D eigenvalue weighted by Gasteiger charge is -2.30. The molecule has 1 aromatic heterocycles. The van der Waals surface area contributed by atoms with Gasteiger partial charge in [0.2, 0.25) is 0 Å². The molecule has 0 fully saturated rings. The van der Waals surface area contributed by atoms with Gasteiger partial charge in [-0.2, -0.15) is 0 Å². The van der Waals surface area contributed by atoms with Crippen LogP contribution in [0.1, 0.15) is 35.8 Å². The Kier molecular flexibility index (Phi) is 4.41. The first-order valence-electron chi connectivity index (χ1n) is 7.55. The predicted octanol–water partition coefficient (Wildman–Crippen LogP) is 3.96. The molecule has 3 rings (SSSR count). The molecule has 114 valence electrons. The third kappa shape index (κ3) is 3.13. The van der Waals surface area contributed by atoms with Crippen molar-refractivity contribution in [1.82, 2.24) is 10.6 Å². The van der Waals surface area contributed by atoms with Gasteiger partial charge in [0, 0.05) is 17.6 Å². The molecule has 0 radical (unpaired) electrons. The Balaban J connectivity index is 1.87. The summed E-state index contributed by atoms with van der Waals surface area (Å²) in [5, 5.41) is 8.71. The van der Waals surface area contributed by atoms with Crippen LogP contribution >= 0.6 is 11.3 Å². The highest BCUT2D eigenvalue weighted by molar-refractivity contribution is 7.09. The number of hydrogen-bond donors (Lipinski definition) is 2. The summed E-state index contributed by atoms with van der Waals surface area (Å²) in [6, 6.07) is 12.9. The maximum absolute atomic E-state index is 4.68. The smallest absolute Gasteiger partial charge is 0.159 e. The molecule has 0 spiro atoms. The number of rotatable bonds is 5. The van der Waals surface area contributed by atoms with Gasteiger partial charge in [-0.3, -0.25) is 5.32 Å². The Morgan fingerprint density at radius 1 is 1.23 bits per heavy atom. The minimum Gasteiger partial charge on any atom is -0.353 e. The van der Waals surface area contributed by atoms with E-state index in [0.29, 0.717) is 5.92 Å². The molecule has 1 unspecified atom stereocenters. The molecule has 22 heavy (non-hydrogen) atoms. The average Bonchev–Trinajstić information content (AvgIpc) is 3.07. The molecule has 3 nitrogen and oxygen atoms in total. The SMILES string of the molecule is CC(C)c1ccc(C2(NCc3cccs3)C=CNC=N2)cc1. The second-order valence-electron chi connectivity index (χ2n) is 5.73. The fourth-order valence-corrected chi connectivity index (χ4v) is 3.17. The Hall–Kier alpha value is -1.91. The largest absolute Gasteiger partial charge is 0.353 e. The summed E-state index contributed by atoms with van der Waals surface area (Å²) in [6.45, 7) is 5.22. The number of nitrogens with zero attached hydrogens (tertiary/aromatic N) is 1. The van der Waals surface area contributed by atoms with E-state index in [1.807, 2.05) is 6.20 Å². The van der Waals surface area contributed by atoms with E-state index in [2.05, 4.69) is 77.3 Å². The van der Waals surface area contributed by atoms with Crippen LogP contribution in [0.5, 0.6) is 0 Å².